The molecule has 0 N–H and O–H groups in total. The van der Waals surface area contributed by atoms with Crippen LogP contribution < -0.4 is 0 Å². The van der Waals surface area contributed by atoms with Gasteiger partial charge in [-0.3, -0.25) is 0 Å². The third-order valence-corrected chi connectivity index (χ3v) is 5.95. The number of hydrogen-bond donors (Lipinski definition) is 0. The summed E-state index contributed by atoms with van der Waals surface area (Å²) in [6.07, 6.45) is 17.6. The van der Waals surface area contributed by atoms with Crippen LogP contribution in [0.3, 0.4) is 0 Å². The number of nitrogens with zero attached hydrogens (tertiary/aromatic N) is 6. The summed E-state index contributed by atoms with van der Waals surface area (Å²) in [7, 11) is 0. The molecule has 0 heterocycles. The Morgan fingerprint density at radius 3 is 1.19 bits per heavy atom. The van der Waals surface area contributed by atoms with Crippen molar-refractivity contribution in [2.75, 3.05) is 13.1 Å². The van der Waals surface area contributed by atoms with Crippen LogP contribution in [0.4, 0.5) is 0 Å². The van der Waals surface area contributed by atoms with Crippen molar-refractivity contribution in [1.82, 2.24) is 0 Å². The largest absolute Gasteiger partial charge is 0.0940 e. The van der Waals surface area contributed by atoms with Crippen molar-refractivity contribution in [3.05, 3.63) is 69.1 Å². The van der Waals surface area contributed by atoms with Gasteiger partial charge in [0.05, 0.1) is 0 Å². The highest BCUT2D eigenvalue weighted by Crippen LogP contribution is 2.25. The summed E-state index contributed by atoms with van der Waals surface area (Å²) in [6.45, 7) is 9.19. The van der Waals surface area contributed by atoms with E-state index >= 15 is 0 Å². The first-order valence-electron chi connectivity index (χ1n) is 12.5. The van der Waals surface area contributed by atoms with Crippen molar-refractivity contribution in [2.45, 2.75) is 103 Å². The van der Waals surface area contributed by atoms with Gasteiger partial charge < -0.3 is 0 Å². The second kappa shape index (κ2) is 19.5. The zero-order chi connectivity index (χ0) is 23.3. The van der Waals surface area contributed by atoms with E-state index in [-0.39, 0.29) is 0 Å². The average Bonchev–Trinajstić information content (AvgIpc) is 2.80. The molecule has 1 aromatic carbocycles. The lowest BCUT2D eigenvalue weighted by Crippen LogP contribution is -2.04. The van der Waals surface area contributed by atoms with E-state index in [1.54, 1.807) is 0 Å². The fraction of sp³-hybridized carbons (Fsp3) is 0.692. The Balaban J connectivity index is 2.91. The zero-order valence-electron chi connectivity index (χ0n) is 20.0. The Morgan fingerprint density at radius 2 is 0.875 bits per heavy atom. The molecular formula is C26H42N6. The number of aryl methyl sites for hydroxylation is 4. The van der Waals surface area contributed by atoms with E-state index in [1.807, 2.05) is 0 Å². The van der Waals surface area contributed by atoms with Gasteiger partial charge in [0.15, 0.2) is 0 Å². The highest BCUT2D eigenvalue weighted by Gasteiger charge is 2.11. The van der Waals surface area contributed by atoms with Crippen LogP contribution in [0.2, 0.25) is 0 Å². The van der Waals surface area contributed by atoms with Crippen LogP contribution in [0.1, 0.15) is 99.3 Å². The zero-order valence-corrected chi connectivity index (χ0v) is 20.0. The minimum Gasteiger partial charge on any atom is -0.0940 e. The molecule has 0 amide bonds. The third-order valence-electron chi connectivity index (χ3n) is 5.95. The van der Waals surface area contributed by atoms with Crippen molar-refractivity contribution in [3.63, 3.8) is 0 Å². The molecule has 0 saturated heterocycles. The molecule has 0 fully saturated rings. The predicted octanol–water partition coefficient (Wildman–Crippen LogP) is 8.83. The topological polar surface area (TPSA) is 97.5 Å². The van der Waals surface area contributed by atoms with Gasteiger partial charge in [-0.1, -0.05) is 74.7 Å². The molecule has 0 aliphatic carbocycles. The quantitative estimate of drug-likeness (QED) is 0.0840. The number of hydrogen-bond acceptors (Lipinski definition) is 2. The summed E-state index contributed by atoms with van der Waals surface area (Å²) in [5.74, 6) is 0. The van der Waals surface area contributed by atoms with Gasteiger partial charge in [0.25, 0.3) is 0 Å². The van der Waals surface area contributed by atoms with Crippen LogP contribution in [-0.2, 0) is 25.7 Å². The van der Waals surface area contributed by atoms with E-state index in [4.69, 9.17) is 11.1 Å². The molecule has 6 nitrogen and oxygen atoms in total. The molecule has 2 radical (unpaired) electrons. The van der Waals surface area contributed by atoms with Crippen LogP contribution in [0.15, 0.2) is 22.4 Å². The Morgan fingerprint density at radius 1 is 0.531 bits per heavy atom. The number of rotatable bonds is 20. The highest BCUT2D eigenvalue weighted by atomic mass is 15.1. The molecular weight excluding hydrogens is 396 g/mol. The second-order valence-corrected chi connectivity index (χ2v) is 8.54. The molecule has 32 heavy (non-hydrogen) atoms. The van der Waals surface area contributed by atoms with Gasteiger partial charge in [0, 0.05) is 22.9 Å². The van der Waals surface area contributed by atoms with Gasteiger partial charge in [0.1, 0.15) is 0 Å². The second-order valence-electron chi connectivity index (χ2n) is 8.54. The summed E-state index contributed by atoms with van der Waals surface area (Å²) >= 11 is 0. The van der Waals surface area contributed by atoms with E-state index in [2.05, 4.69) is 46.0 Å². The summed E-state index contributed by atoms with van der Waals surface area (Å²) in [5.41, 5.74) is 22.9. The molecule has 176 valence electrons. The van der Waals surface area contributed by atoms with Gasteiger partial charge in [-0.05, 0) is 97.5 Å². The van der Waals surface area contributed by atoms with Crippen molar-refractivity contribution >= 4 is 0 Å². The summed E-state index contributed by atoms with van der Waals surface area (Å²) in [5, 5.41) is 7.30. The average molecular weight is 439 g/mol. The highest BCUT2D eigenvalue weighted by molar-refractivity contribution is 5.39. The fourth-order valence-corrected chi connectivity index (χ4v) is 4.15. The third kappa shape index (κ3) is 12.6. The SMILES string of the molecule is [CH2]CCCCc1cc(CCCCCN=[N+]=[N-])c(CCCCCN=[N+]=[N-])cc1CCCC[CH2]. The lowest BCUT2D eigenvalue weighted by molar-refractivity contribution is 0.663. The standard InChI is InChI=1S/C26H42N6/c1-3-5-9-15-23-21-25(17-11-7-13-19-29-31-27)26(18-12-8-14-20-30-32-28)22-24(23)16-10-6-4-2/h21-22H,1-20H2. The van der Waals surface area contributed by atoms with Crippen molar-refractivity contribution < 1.29 is 0 Å². The molecule has 0 unspecified atom stereocenters. The van der Waals surface area contributed by atoms with Crippen molar-refractivity contribution in [2.24, 2.45) is 10.2 Å². The number of unbranched alkanes of at least 4 members (excludes halogenated alkanes) is 8. The molecule has 1 rings (SSSR count). The lowest BCUT2D eigenvalue weighted by Gasteiger charge is -2.17. The van der Waals surface area contributed by atoms with Crippen LogP contribution in [-0.4, -0.2) is 13.1 Å². The maximum Gasteiger partial charge on any atom is 0.0257 e. The van der Waals surface area contributed by atoms with E-state index < -0.39 is 0 Å². The maximum atomic E-state index is 8.44. The molecule has 0 aromatic heterocycles. The minimum atomic E-state index is 0.593. The monoisotopic (exact) mass is 438 g/mol. The van der Waals surface area contributed by atoms with Crippen molar-refractivity contribution in [1.29, 1.82) is 0 Å². The molecule has 1 aromatic rings. The van der Waals surface area contributed by atoms with Crippen LogP contribution in [0, 0.1) is 13.8 Å². The van der Waals surface area contributed by atoms with Gasteiger partial charge in [-0.15, -0.1) is 0 Å². The summed E-state index contributed by atoms with van der Waals surface area (Å²) in [4.78, 5) is 5.69. The Hall–Kier alpha value is -2.16. The van der Waals surface area contributed by atoms with Crippen molar-refractivity contribution in [3.8, 4) is 0 Å². The van der Waals surface area contributed by atoms with Crippen LogP contribution in [0.25, 0.3) is 20.9 Å². The molecule has 0 aliphatic rings. The first kappa shape index (κ1) is 27.9. The van der Waals surface area contributed by atoms with Gasteiger partial charge in [-0.2, -0.15) is 0 Å². The van der Waals surface area contributed by atoms with E-state index in [0.717, 1.165) is 77.0 Å². The van der Waals surface area contributed by atoms with Gasteiger partial charge in [0.2, 0.25) is 0 Å². The van der Waals surface area contributed by atoms with Gasteiger partial charge in [-0.25, -0.2) is 0 Å². The van der Waals surface area contributed by atoms with Gasteiger partial charge >= 0.3 is 0 Å². The smallest absolute Gasteiger partial charge is 0.0257 e. The Labute approximate surface area is 195 Å². The summed E-state index contributed by atoms with van der Waals surface area (Å²) in [6, 6.07) is 4.98. The maximum absolute atomic E-state index is 8.44. The Kier molecular flexibility index (Phi) is 17.0. The van der Waals surface area contributed by atoms with E-state index in [9.17, 15) is 0 Å². The molecule has 0 saturated carbocycles. The lowest BCUT2D eigenvalue weighted by atomic mass is 9.88. The molecule has 0 bridgehead atoms. The predicted molar refractivity (Wildman–Crippen MR) is 135 cm³/mol. The van der Waals surface area contributed by atoms with E-state index in [0.29, 0.717) is 13.1 Å². The number of benzene rings is 1. The van der Waals surface area contributed by atoms with Crippen LogP contribution in [0.5, 0.6) is 0 Å². The first-order valence-corrected chi connectivity index (χ1v) is 12.5. The minimum absolute atomic E-state index is 0.593. The molecule has 6 heteroatoms. The normalized spacial score (nSPS) is 10.6. The molecule has 0 spiro atoms. The number of azide groups is 2. The van der Waals surface area contributed by atoms with E-state index in [1.165, 1.54) is 47.9 Å². The fourth-order valence-electron chi connectivity index (χ4n) is 4.15. The molecule has 0 atom stereocenters. The summed E-state index contributed by atoms with van der Waals surface area (Å²) < 4.78 is 0. The Bertz CT molecular complexity index is 656. The molecule has 0 aliphatic heterocycles. The van der Waals surface area contributed by atoms with Crippen LogP contribution >= 0.6 is 0 Å². The first-order chi connectivity index (χ1) is 15.8.